The second kappa shape index (κ2) is 4.38. The topological polar surface area (TPSA) is 51.2 Å². The van der Waals surface area contributed by atoms with Crippen molar-refractivity contribution in [3.63, 3.8) is 0 Å². The number of aromatic nitrogens is 1. The van der Waals surface area contributed by atoms with Gasteiger partial charge >= 0.3 is 6.18 Å². The Balaban J connectivity index is 2.30. The third-order valence-corrected chi connectivity index (χ3v) is 1.65. The number of nitrogens with one attached hydrogen (secondary N) is 1. The number of hydroxylamine groups is 1. The van der Waals surface area contributed by atoms with Gasteiger partial charge in [-0.2, -0.15) is 13.2 Å². The molecule has 0 aliphatic rings. The van der Waals surface area contributed by atoms with Gasteiger partial charge in [-0.05, 0) is 0 Å². The average Bonchev–Trinajstić information content (AvgIpc) is 2.53. The van der Waals surface area contributed by atoms with Crippen LogP contribution in [0.25, 0.3) is 0 Å². The van der Waals surface area contributed by atoms with Gasteiger partial charge in [0.15, 0.2) is 6.61 Å². The van der Waals surface area contributed by atoms with Crippen LogP contribution in [0.3, 0.4) is 0 Å². The van der Waals surface area contributed by atoms with Crippen LogP contribution in [0.15, 0.2) is 10.9 Å². The summed E-state index contributed by atoms with van der Waals surface area (Å²) >= 11 is 1.16. The third kappa shape index (κ3) is 3.71. The molecular formula is C6H5F3N2O2S. The van der Waals surface area contributed by atoms with E-state index in [0.717, 1.165) is 11.3 Å². The van der Waals surface area contributed by atoms with Gasteiger partial charge in [-0.15, -0.1) is 11.3 Å². The van der Waals surface area contributed by atoms with E-state index < -0.39 is 18.7 Å². The molecule has 1 rings (SSSR count). The predicted octanol–water partition coefficient (Wildman–Crippen LogP) is 1.37. The van der Waals surface area contributed by atoms with Crippen LogP contribution in [0.1, 0.15) is 10.5 Å². The number of carbonyl (C=O) groups is 1. The van der Waals surface area contributed by atoms with E-state index >= 15 is 0 Å². The first-order valence-corrected chi connectivity index (χ1v) is 4.30. The first-order chi connectivity index (χ1) is 6.49. The molecule has 78 valence electrons. The maximum Gasteiger partial charge on any atom is 0.414 e. The highest BCUT2D eigenvalue weighted by atomic mass is 32.1. The standard InChI is InChI=1S/C6H5F3N2O2S/c7-6(8,9)2-13-11-5(12)4-1-14-3-10-4/h1,3H,2H2,(H,11,12). The minimum absolute atomic E-state index is 0.0252. The van der Waals surface area contributed by atoms with Crippen molar-refractivity contribution >= 4 is 17.2 Å². The van der Waals surface area contributed by atoms with Gasteiger partial charge in [0.25, 0.3) is 5.91 Å². The average molecular weight is 226 g/mol. The molecule has 1 N–H and O–H groups in total. The maximum absolute atomic E-state index is 11.6. The fourth-order valence-electron chi connectivity index (χ4n) is 0.560. The Morgan fingerprint density at radius 2 is 2.36 bits per heavy atom. The normalized spacial score (nSPS) is 11.4. The lowest BCUT2D eigenvalue weighted by Crippen LogP contribution is -2.29. The molecule has 14 heavy (non-hydrogen) atoms. The lowest BCUT2D eigenvalue weighted by molar-refractivity contribution is -0.184. The van der Waals surface area contributed by atoms with Gasteiger partial charge in [-0.1, -0.05) is 0 Å². The van der Waals surface area contributed by atoms with Crippen molar-refractivity contribution in [2.24, 2.45) is 0 Å². The molecule has 4 nitrogen and oxygen atoms in total. The Kier molecular flexibility index (Phi) is 3.42. The molecule has 0 aliphatic carbocycles. The largest absolute Gasteiger partial charge is 0.414 e. The highest BCUT2D eigenvalue weighted by Crippen LogP contribution is 2.13. The molecule has 0 atom stereocenters. The Hall–Kier alpha value is -1.15. The summed E-state index contributed by atoms with van der Waals surface area (Å²) in [4.78, 5) is 18.4. The van der Waals surface area contributed by atoms with Crippen molar-refractivity contribution in [2.75, 3.05) is 6.61 Å². The highest BCUT2D eigenvalue weighted by Gasteiger charge is 2.28. The van der Waals surface area contributed by atoms with Crippen LogP contribution >= 0.6 is 11.3 Å². The molecule has 0 aliphatic heterocycles. The van der Waals surface area contributed by atoms with Crippen LogP contribution in [0.4, 0.5) is 13.2 Å². The number of carbonyl (C=O) groups excluding carboxylic acids is 1. The van der Waals surface area contributed by atoms with Gasteiger partial charge < -0.3 is 0 Å². The summed E-state index contributed by atoms with van der Waals surface area (Å²) < 4.78 is 34.7. The summed E-state index contributed by atoms with van der Waals surface area (Å²) in [6.45, 7) is -1.52. The second-order valence-electron chi connectivity index (χ2n) is 2.21. The van der Waals surface area contributed by atoms with Gasteiger partial charge in [0.2, 0.25) is 0 Å². The quantitative estimate of drug-likeness (QED) is 0.792. The zero-order valence-corrected chi connectivity index (χ0v) is 7.48. The van der Waals surface area contributed by atoms with E-state index in [9.17, 15) is 18.0 Å². The molecule has 8 heteroatoms. The van der Waals surface area contributed by atoms with Crippen LogP contribution in [-0.4, -0.2) is 23.7 Å². The number of thiazole rings is 1. The van der Waals surface area contributed by atoms with E-state index in [1.807, 2.05) is 0 Å². The lowest BCUT2D eigenvalue weighted by atomic mass is 10.5. The number of nitrogens with zero attached hydrogens (tertiary/aromatic N) is 1. The van der Waals surface area contributed by atoms with Crippen molar-refractivity contribution < 1.29 is 22.8 Å². The molecule has 0 radical (unpaired) electrons. The number of hydrogen-bond acceptors (Lipinski definition) is 4. The number of amides is 1. The number of hydrogen-bond donors (Lipinski definition) is 1. The molecule has 1 heterocycles. The van der Waals surface area contributed by atoms with Crippen LogP contribution in [0.5, 0.6) is 0 Å². The maximum atomic E-state index is 11.6. The van der Waals surface area contributed by atoms with E-state index in [4.69, 9.17) is 0 Å². The zero-order valence-electron chi connectivity index (χ0n) is 6.67. The molecule has 0 fully saturated rings. The highest BCUT2D eigenvalue weighted by molar-refractivity contribution is 7.07. The van der Waals surface area contributed by atoms with Crippen LogP contribution < -0.4 is 5.48 Å². The van der Waals surface area contributed by atoms with E-state index in [0.29, 0.717) is 0 Å². The number of halogens is 3. The first kappa shape index (κ1) is 10.9. The molecule has 0 aromatic carbocycles. The smallest absolute Gasteiger partial charge is 0.265 e. The SMILES string of the molecule is O=C(NOCC(F)(F)F)c1cscn1. The molecule has 0 unspecified atom stereocenters. The second-order valence-corrected chi connectivity index (χ2v) is 2.93. The minimum atomic E-state index is -4.46. The van der Waals surface area contributed by atoms with Crippen LogP contribution in [0, 0.1) is 0 Å². The molecule has 1 amide bonds. The lowest BCUT2D eigenvalue weighted by Gasteiger charge is -2.06. The first-order valence-electron chi connectivity index (χ1n) is 3.36. The summed E-state index contributed by atoms with van der Waals surface area (Å²) in [5.41, 5.74) is 3.04. The van der Waals surface area contributed by atoms with Gasteiger partial charge in [-0.3, -0.25) is 9.63 Å². The fourth-order valence-corrected chi connectivity index (χ4v) is 1.09. The Morgan fingerprint density at radius 3 is 2.86 bits per heavy atom. The van der Waals surface area contributed by atoms with Gasteiger partial charge in [0.05, 0.1) is 5.51 Å². The van der Waals surface area contributed by atoms with Crippen molar-refractivity contribution in [3.8, 4) is 0 Å². The summed E-state index contributed by atoms with van der Waals surface area (Å²) in [5, 5.41) is 1.40. The van der Waals surface area contributed by atoms with Crippen LogP contribution in [0.2, 0.25) is 0 Å². The summed E-state index contributed by atoms with van der Waals surface area (Å²) in [6, 6.07) is 0. The van der Waals surface area contributed by atoms with Gasteiger partial charge in [-0.25, -0.2) is 10.5 Å². The van der Waals surface area contributed by atoms with E-state index in [1.54, 1.807) is 5.48 Å². The van der Waals surface area contributed by atoms with E-state index in [-0.39, 0.29) is 5.69 Å². The van der Waals surface area contributed by atoms with Crippen molar-refractivity contribution in [2.45, 2.75) is 6.18 Å². The van der Waals surface area contributed by atoms with Gasteiger partial charge in [0, 0.05) is 5.38 Å². The molecule has 0 bridgehead atoms. The van der Waals surface area contributed by atoms with Crippen molar-refractivity contribution in [3.05, 3.63) is 16.6 Å². The molecule has 1 aromatic heterocycles. The summed E-state index contributed by atoms with van der Waals surface area (Å²) in [7, 11) is 0. The zero-order chi connectivity index (χ0) is 10.6. The molecule has 1 aromatic rings. The molecule has 0 spiro atoms. The minimum Gasteiger partial charge on any atom is -0.265 e. The fraction of sp³-hybridized carbons (Fsp3) is 0.333. The number of alkyl halides is 3. The number of rotatable bonds is 3. The Labute approximate surface area is 80.7 Å². The van der Waals surface area contributed by atoms with E-state index in [2.05, 4.69) is 9.82 Å². The third-order valence-electron chi connectivity index (χ3n) is 1.07. The molecular weight excluding hydrogens is 221 g/mol. The molecule has 0 saturated heterocycles. The van der Waals surface area contributed by atoms with Gasteiger partial charge in [0.1, 0.15) is 5.69 Å². The van der Waals surface area contributed by atoms with Crippen LogP contribution in [-0.2, 0) is 4.84 Å². The van der Waals surface area contributed by atoms with E-state index in [1.165, 1.54) is 10.9 Å². The Morgan fingerprint density at radius 1 is 1.64 bits per heavy atom. The Bertz CT molecular complexity index is 299. The van der Waals surface area contributed by atoms with Crippen molar-refractivity contribution in [1.82, 2.24) is 10.5 Å². The molecule has 0 saturated carbocycles. The summed E-state index contributed by atoms with van der Waals surface area (Å²) in [6.07, 6.45) is -4.46. The monoisotopic (exact) mass is 226 g/mol. The predicted molar refractivity (Wildman–Crippen MR) is 41.6 cm³/mol. The van der Waals surface area contributed by atoms with Crippen molar-refractivity contribution in [1.29, 1.82) is 0 Å². The summed E-state index contributed by atoms with van der Waals surface area (Å²) in [5.74, 6) is -0.796.